The summed E-state index contributed by atoms with van der Waals surface area (Å²) in [4.78, 5) is 25.2. The van der Waals surface area contributed by atoms with E-state index >= 15 is 0 Å². The van der Waals surface area contributed by atoms with Gasteiger partial charge in [-0.25, -0.2) is 9.97 Å². The molecule has 134 valence electrons. The van der Waals surface area contributed by atoms with Crippen LogP contribution in [0.25, 0.3) is 10.9 Å². The van der Waals surface area contributed by atoms with Crippen LogP contribution >= 0.6 is 0 Å². The summed E-state index contributed by atoms with van der Waals surface area (Å²) in [7, 11) is 0. The van der Waals surface area contributed by atoms with Crippen LogP contribution < -0.4 is 4.90 Å². The van der Waals surface area contributed by atoms with Crippen molar-refractivity contribution in [1.29, 1.82) is 0 Å². The number of piperazine rings is 1. The molecule has 0 N–H and O–H groups in total. The van der Waals surface area contributed by atoms with Crippen LogP contribution in [-0.4, -0.2) is 56.7 Å². The molecule has 1 saturated heterocycles. The van der Waals surface area contributed by atoms with Crippen molar-refractivity contribution in [2.24, 2.45) is 0 Å². The third-order valence-corrected chi connectivity index (χ3v) is 4.91. The molecule has 1 fully saturated rings. The molecule has 1 amide bonds. The van der Waals surface area contributed by atoms with Crippen molar-refractivity contribution in [3.63, 3.8) is 0 Å². The number of carbonyl (C=O) groups is 1. The van der Waals surface area contributed by atoms with Crippen LogP contribution in [0, 0.1) is 6.92 Å². The maximum absolute atomic E-state index is 12.6. The van der Waals surface area contributed by atoms with Gasteiger partial charge in [-0.2, -0.15) is 5.10 Å². The van der Waals surface area contributed by atoms with Crippen molar-refractivity contribution < 1.29 is 4.79 Å². The Kier molecular flexibility index (Phi) is 4.51. The summed E-state index contributed by atoms with van der Waals surface area (Å²) in [5.74, 6) is 0.910. The van der Waals surface area contributed by atoms with Crippen LogP contribution in [0.15, 0.2) is 42.9 Å². The third-order valence-electron chi connectivity index (χ3n) is 4.91. The van der Waals surface area contributed by atoms with E-state index in [4.69, 9.17) is 0 Å². The van der Waals surface area contributed by atoms with Gasteiger partial charge in [0.2, 0.25) is 11.9 Å². The molecule has 0 radical (unpaired) electrons. The molecule has 3 heterocycles. The fourth-order valence-corrected chi connectivity index (χ4v) is 3.40. The smallest absolute Gasteiger partial charge is 0.225 e. The predicted octanol–water partition coefficient (Wildman–Crippen LogP) is 1.87. The van der Waals surface area contributed by atoms with Gasteiger partial charge in [-0.1, -0.05) is 12.1 Å². The molecule has 0 unspecified atom stereocenters. The summed E-state index contributed by atoms with van der Waals surface area (Å²) in [6.45, 7) is 5.62. The van der Waals surface area contributed by atoms with Crippen molar-refractivity contribution in [2.75, 3.05) is 31.1 Å². The van der Waals surface area contributed by atoms with Gasteiger partial charge in [-0.3, -0.25) is 9.48 Å². The number of amides is 1. The van der Waals surface area contributed by atoms with Gasteiger partial charge in [0.1, 0.15) is 0 Å². The second-order valence-electron chi connectivity index (χ2n) is 6.54. The fraction of sp³-hybridized carbons (Fsp3) is 0.368. The van der Waals surface area contributed by atoms with E-state index in [1.165, 1.54) is 5.56 Å². The zero-order valence-corrected chi connectivity index (χ0v) is 14.9. The Balaban J connectivity index is 1.34. The number of aryl methyl sites for hydroxylation is 2. The maximum Gasteiger partial charge on any atom is 0.225 e. The van der Waals surface area contributed by atoms with Gasteiger partial charge in [0.25, 0.3) is 0 Å². The first-order valence-corrected chi connectivity index (χ1v) is 8.93. The highest BCUT2D eigenvalue weighted by Gasteiger charge is 2.22. The average Bonchev–Trinajstić information content (AvgIpc) is 3.11. The highest BCUT2D eigenvalue weighted by molar-refractivity contribution is 5.82. The molecule has 2 aromatic heterocycles. The van der Waals surface area contributed by atoms with E-state index in [0.717, 1.165) is 29.9 Å². The number of fused-ring (bicyclic) bond motifs is 1. The second-order valence-corrected chi connectivity index (χ2v) is 6.54. The molecule has 4 rings (SSSR count). The van der Waals surface area contributed by atoms with Gasteiger partial charge in [0.15, 0.2) is 0 Å². The van der Waals surface area contributed by atoms with Crippen LogP contribution in [-0.2, 0) is 11.3 Å². The molecule has 1 aliphatic heterocycles. The van der Waals surface area contributed by atoms with Gasteiger partial charge >= 0.3 is 0 Å². The Morgan fingerprint density at radius 1 is 1.08 bits per heavy atom. The number of anilines is 1. The predicted molar refractivity (Wildman–Crippen MR) is 99.9 cm³/mol. The van der Waals surface area contributed by atoms with Crippen LogP contribution in [0.5, 0.6) is 0 Å². The summed E-state index contributed by atoms with van der Waals surface area (Å²) in [5.41, 5.74) is 2.29. The molecule has 7 nitrogen and oxygen atoms in total. The molecule has 1 aliphatic rings. The number of benzene rings is 1. The van der Waals surface area contributed by atoms with Gasteiger partial charge in [-0.15, -0.1) is 0 Å². The fourth-order valence-electron chi connectivity index (χ4n) is 3.40. The van der Waals surface area contributed by atoms with Crippen molar-refractivity contribution in [3.05, 3.63) is 48.4 Å². The van der Waals surface area contributed by atoms with E-state index in [2.05, 4.69) is 39.0 Å². The van der Waals surface area contributed by atoms with E-state index in [1.54, 1.807) is 12.4 Å². The Labute approximate surface area is 152 Å². The van der Waals surface area contributed by atoms with Gasteiger partial charge in [0.05, 0.1) is 18.3 Å². The molecule has 0 saturated carbocycles. The topological polar surface area (TPSA) is 67.2 Å². The first kappa shape index (κ1) is 16.5. The minimum atomic E-state index is 0.176. The van der Waals surface area contributed by atoms with E-state index < -0.39 is 0 Å². The average molecular weight is 350 g/mol. The molecule has 0 aliphatic carbocycles. The summed E-state index contributed by atoms with van der Waals surface area (Å²) in [6, 6.07) is 7.97. The van der Waals surface area contributed by atoms with E-state index in [1.807, 2.05) is 27.9 Å². The lowest BCUT2D eigenvalue weighted by Gasteiger charge is -2.34. The largest absolute Gasteiger partial charge is 0.339 e. The Hall–Kier alpha value is -2.96. The molecule has 7 heteroatoms. The molecule has 26 heavy (non-hydrogen) atoms. The zero-order valence-electron chi connectivity index (χ0n) is 14.9. The standard InChI is InChI=1S/C19H22N6O/c1-15-4-2-5-17-16(15)14-22-25(17)9-6-18(26)23-10-12-24(13-11-23)19-20-7-3-8-21-19/h2-5,7-8,14H,6,9-13H2,1H3. The van der Waals surface area contributed by atoms with Crippen molar-refractivity contribution >= 4 is 22.8 Å². The Morgan fingerprint density at radius 3 is 2.62 bits per heavy atom. The number of carbonyl (C=O) groups excluding carboxylic acids is 1. The minimum Gasteiger partial charge on any atom is -0.339 e. The maximum atomic E-state index is 12.6. The van der Waals surface area contributed by atoms with E-state index in [0.29, 0.717) is 26.1 Å². The lowest BCUT2D eigenvalue weighted by molar-refractivity contribution is -0.131. The summed E-state index contributed by atoms with van der Waals surface area (Å²) >= 11 is 0. The first-order chi connectivity index (χ1) is 12.7. The molecule has 0 atom stereocenters. The number of hydrogen-bond donors (Lipinski definition) is 0. The van der Waals surface area contributed by atoms with E-state index in [9.17, 15) is 4.79 Å². The second kappa shape index (κ2) is 7.11. The Bertz CT molecular complexity index is 899. The number of nitrogens with zero attached hydrogens (tertiary/aromatic N) is 6. The number of rotatable bonds is 4. The number of hydrogen-bond acceptors (Lipinski definition) is 5. The van der Waals surface area contributed by atoms with Crippen LogP contribution in [0.4, 0.5) is 5.95 Å². The van der Waals surface area contributed by atoms with Crippen molar-refractivity contribution in [3.8, 4) is 0 Å². The lowest BCUT2D eigenvalue weighted by Crippen LogP contribution is -2.49. The van der Waals surface area contributed by atoms with Crippen molar-refractivity contribution in [2.45, 2.75) is 19.9 Å². The van der Waals surface area contributed by atoms with Crippen molar-refractivity contribution in [1.82, 2.24) is 24.6 Å². The highest BCUT2D eigenvalue weighted by atomic mass is 16.2. The highest BCUT2D eigenvalue weighted by Crippen LogP contribution is 2.18. The molecule has 3 aromatic rings. The summed E-state index contributed by atoms with van der Waals surface area (Å²) in [6.07, 6.45) is 5.84. The van der Waals surface area contributed by atoms with Crippen LogP contribution in [0.3, 0.4) is 0 Å². The SMILES string of the molecule is Cc1cccc2c1cnn2CCC(=O)N1CCN(c2ncccn2)CC1. The molecule has 1 aromatic carbocycles. The Morgan fingerprint density at radius 2 is 1.85 bits per heavy atom. The number of aromatic nitrogens is 4. The lowest BCUT2D eigenvalue weighted by atomic mass is 10.1. The van der Waals surface area contributed by atoms with Gasteiger partial charge in [0, 0.05) is 50.4 Å². The van der Waals surface area contributed by atoms with Gasteiger partial charge < -0.3 is 9.80 Å². The normalized spacial score (nSPS) is 14.8. The minimum absolute atomic E-state index is 0.176. The molecule has 0 spiro atoms. The van der Waals surface area contributed by atoms with Crippen LogP contribution in [0.1, 0.15) is 12.0 Å². The summed E-state index contributed by atoms with van der Waals surface area (Å²) in [5, 5.41) is 5.60. The zero-order chi connectivity index (χ0) is 17.9. The molecule has 0 bridgehead atoms. The molecular weight excluding hydrogens is 328 g/mol. The van der Waals surface area contributed by atoms with E-state index in [-0.39, 0.29) is 5.91 Å². The monoisotopic (exact) mass is 350 g/mol. The van der Waals surface area contributed by atoms with Crippen LogP contribution in [0.2, 0.25) is 0 Å². The first-order valence-electron chi connectivity index (χ1n) is 8.93. The van der Waals surface area contributed by atoms with Gasteiger partial charge in [-0.05, 0) is 24.6 Å². The molecular formula is C19H22N6O. The quantitative estimate of drug-likeness (QED) is 0.719. The summed E-state index contributed by atoms with van der Waals surface area (Å²) < 4.78 is 1.92. The third kappa shape index (κ3) is 3.24.